The second kappa shape index (κ2) is 6.33. The van der Waals surface area contributed by atoms with Gasteiger partial charge in [-0.1, -0.05) is 12.1 Å². The number of ether oxygens (including phenoxy) is 1. The van der Waals surface area contributed by atoms with Crippen molar-refractivity contribution in [2.24, 2.45) is 0 Å². The van der Waals surface area contributed by atoms with E-state index >= 15 is 0 Å². The normalized spacial score (nSPS) is 13.9. The standard InChI is InChI=1S/C19H21N3O4/c1-19(2,3)26-18(25)21-9-10-22-16(23)12-6-4-5-11-14(20)8-7-13(15(11)12)17(22)24/h4-8H,9-10,20H2,1-3H3,(H,21,25). The Hall–Kier alpha value is -3.09. The number of nitrogen functional groups attached to an aromatic ring is 1. The number of nitrogens with zero attached hydrogens (tertiary/aromatic N) is 1. The molecule has 0 spiro atoms. The molecule has 0 aliphatic carbocycles. The van der Waals surface area contributed by atoms with Crippen LogP contribution in [0.15, 0.2) is 30.3 Å². The Kier molecular flexibility index (Phi) is 4.31. The van der Waals surface area contributed by atoms with Gasteiger partial charge in [-0.15, -0.1) is 0 Å². The fraction of sp³-hybridized carbons (Fsp3) is 0.316. The summed E-state index contributed by atoms with van der Waals surface area (Å²) < 4.78 is 5.14. The number of nitrogens with two attached hydrogens (primary N) is 1. The van der Waals surface area contributed by atoms with E-state index in [1.807, 2.05) is 0 Å². The summed E-state index contributed by atoms with van der Waals surface area (Å²) in [5, 5.41) is 3.83. The Labute approximate surface area is 151 Å². The molecule has 0 bridgehead atoms. The molecule has 26 heavy (non-hydrogen) atoms. The zero-order valence-corrected chi connectivity index (χ0v) is 15.0. The van der Waals surface area contributed by atoms with Crippen LogP contribution in [0.3, 0.4) is 0 Å². The number of alkyl carbamates (subject to hydrolysis) is 1. The largest absolute Gasteiger partial charge is 0.444 e. The summed E-state index contributed by atoms with van der Waals surface area (Å²) >= 11 is 0. The molecule has 1 aliphatic rings. The van der Waals surface area contributed by atoms with Crippen LogP contribution in [-0.4, -0.2) is 41.5 Å². The van der Waals surface area contributed by atoms with Gasteiger partial charge >= 0.3 is 6.09 Å². The van der Waals surface area contributed by atoms with E-state index in [0.717, 1.165) is 4.90 Å². The molecule has 3 N–H and O–H groups in total. The summed E-state index contributed by atoms with van der Waals surface area (Å²) in [5.74, 6) is -0.797. The van der Waals surface area contributed by atoms with Crippen LogP contribution < -0.4 is 11.1 Å². The lowest BCUT2D eigenvalue weighted by Crippen LogP contribution is -2.45. The Morgan fingerprint density at radius 2 is 1.77 bits per heavy atom. The van der Waals surface area contributed by atoms with Crippen molar-refractivity contribution in [2.75, 3.05) is 18.8 Å². The summed E-state index contributed by atoms with van der Waals surface area (Å²) in [7, 11) is 0. The minimum atomic E-state index is -0.616. The SMILES string of the molecule is CC(C)(C)OC(=O)NCCN1C(=O)c2cccc3c(N)ccc(c23)C1=O. The van der Waals surface area contributed by atoms with Crippen molar-refractivity contribution in [1.29, 1.82) is 0 Å². The molecule has 2 aromatic rings. The third kappa shape index (κ3) is 3.20. The molecule has 136 valence electrons. The molecular formula is C19H21N3O4. The number of rotatable bonds is 3. The molecule has 0 unspecified atom stereocenters. The highest BCUT2D eigenvalue weighted by molar-refractivity contribution is 6.26. The Bertz CT molecular complexity index is 893. The second-order valence-corrected chi connectivity index (χ2v) is 7.12. The van der Waals surface area contributed by atoms with Gasteiger partial charge < -0.3 is 15.8 Å². The number of carbonyl (C=O) groups excluding carboxylic acids is 3. The van der Waals surface area contributed by atoms with Gasteiger partial charge in [0, 0.05) is 40.7 Å². The molecule has 1 aliphatic heterocycles. The van der Waals surface area contributed by atoms with Crippen LogP contribution in [-0.2, 0) is 4.74 Å². The lowest BCUT2D eigenvalue weighted by atomic mass is 9.93. The van der Waals surface area contributed by atoms with E-state index < -0.39 is 23.5 Å². The van der Waals surface area contributed by atoms with E-state index in [1.54, 1.807) is 51.1 Å². The third-order valence-corrected chi connectivity index (χ3v) is 4.03. The Morgan fingerprint density at radius 3 is 2.42 bits per heavy atom. The van der Waals surface area contributed by atoms with Gasteiger partial charge in [0.15, 0.2) is 0 Å². The summed E-state index contributed by atoms with van der Waals surface area (Å²) in [6.07, 6.45) is -0.593. The molecule has 3 rings (SSSR count). The first-order valence-corrected chi connectivity index (χ1v) is 8.33. The zero-order valence-electron chi connectivity index (χ0n) is 15.0. The van der Waals surface area contributed by atoms with E-state index in [4.69, 9.17) is 10.5 Å². The number of nitrogens with one attached hydrogen (secondary N) is 1. The number of benzene rings is 2. The van der Waals surface area contributed by atoms with Crippen LogP contribution in [0.4, 0.5) is 10.5 Å². The maximum absolute atomic E-state index is 12.7. The average Bonchev–Trinajstić information content (AvgIpc) is 2.55. The van der Waals surface area contributed by atoms with Crippen molar-refractivity contribution in [3.05, 3.63) is 41.5 Å². The van der Waals surface area contributed by atoms with Crippen LogP contribution in [0.5, 0.6) is 0 Å². The van der Waals surface area contributed by atoms with Gasteiger partial charge in [0.2, 0.25) is 0 Å². The topological polar surface area (TPSA) is 102 Å². The summed E-state index contributed by atoms with van der Waals surface area (Å²) in [5.41, 5.74) is 6.73. The number of imide groups is 1. The molecular weight excluding hydrogens is 334 g/mol. The molecule has 0 atom stereocenters. The third-order valence-electron chi connectivity index (χ3n) is 4.03. The smallest absolute Gasteiger partial charge is 0.407 e. The van der Waals surface area contributed by atoms with Gasteiger partial charge in [-0.3, -0.25) is 14.5 Å². The molecule has 7 nitrogen and oxygen atoms in total. The number of amides is 3. The van der Waals surface area contributed by atoms with Crippen molar-refractivity contribution < 1.29 is 19.1 Å². The minimum absolute atomic E-state index is 0.0527. The van der Waals surface area contributed by atoms with Gasteiger partial charge in [-0.2, -0.15) is 0 Å². The van der Waals surface area contributed by atoms with Gasteiger partial charge in [-0.05, 0) is 39.0 Å². The van der Waals surface area contributed by atoms with Gasteiger partial charge in [0.1, 0.15) is 5.60 Å². The van der Waals surface area contributed by atoms with Gasteiger partial charge in [0.05, 0.1) is 0 Å². The summed E-state index contributed by atoms with van der Waals surface area (Å²) in [4.78, 5) is 38.3. The van der Waals surface area contributed by atoms with Crippen LogP contribution in [0.2, 0.25) is 0 Å². The number of anilines is 1. The molecule has 0 aromatic heterocycles. The van der Waals surface area contributed by atoms with Crippen molar-refractivity contribution in [3.63, 3.8) is 0 Å². The molecule has 2 aromatic carbocycles. The lowest BCUT2D eigenvalue weighted by Gasteiger charge is -2.27. The summed E-state index contributed by atoms with van der Waals surface area (Å²) in [6, 6.07) is 8.49. The highest BCUT2D eigenvalue weighted by Gasteiger charge is 2.32. The van der Waals surface area contributed by atoms with Gasteiger partial charge in [0.25, 0.3) is 11.8 Å². The van der Waals surface area contributed by atoms with E-state index in [9.17, 15) is 14.4 Å². The molecule has 0 saturated heterocycles. The highest BCUT2D eigenvalue weighted by atomic mass is 16.6. The minimum Gasteiger partial charge on any atom is -0.444 e. The molecule has 0 radical (unpaired) electrons. The lowest BCUT2D eigenvalue weighted by molar-refractivity contribution is 0.0496. The summed E-state index contributed by atoms with van der Waals surface area (Å²) in [6.45, 7) is 5.43. The first kappa shape index (κ1) is 17.7. The van der Waals surface area contributed by atoms with Crippen molar-refractivity contribution in [1.82, 2.24) is 10.2 Å². The number of hydrogen-bond acceptors (Lipinski definition) is 5. The van der Waals surface area contributed by atoms with Crippen molar-refractivity contribution >= 4 is 34.4 Å². The molecule has 0 saturated carbocycles. The first-order chi connectivity index (χ1) is 12.2. The average molecular weight is 355 g/mol. The van der Waals surface area contributed by atoms with Gasteiger partial charge in [-0.25, -0.2) is 4.79 Å². The Morgan fingerprint density at radius 1 is 1.12 bits per heavy atom. The van der Waals surface area contributed by atoms with Crippen LogP contribution in [0, 0.1) is 0 Å². The van der Waals surface area contributed by atoms with E-state index in [-0.39, 0.29) is 13.1 Å². The molecule has 1 heterocycles. The van der Waals surface area contributed by atoms with Crippen LogP contribution in [0.1, 0.15) is 41.5 Å². The number of hydrogen-bond donors (Lipinski definition) is 2. The van der Waals surface area contributed by atoms with E-state index in [0.29, 0.717) is 27.6 Å². The zero-order chi connectivity index (χ0) is 19.1. The molecule has 3 amide bonds. The van der Waals surface area contributed by atoms with Crippen LogP contribution in [0.25, 0.3) is 10.8 Å². The fourth-order valence-electron chi connectivity index (χ4n) is 2.96. The van der Waals surface area contributed by atoms with Crippen molar-refractivity contribution in [3.8, 4) is 0 Å². The van der Waals surface area contributed by atoms with E-state index in [2.05, 4.69) is 5.32 Å². The van der Waals surface area contributed by atoms with Crippen LogP contribution >= 0.6 is 0 Å². The predicted molar refractivity (Wildman–Crippen MR) is 98.0 cm³/mol. The maximum atomic E-state index is 12.7. The maximum Gasteiger partial charge on any atom is 0.407 e. The van der Waals surface area contributed by atoms with Crippen molar-refractivity contribution in [2.45, 2.75) is 26.4 Å². The highest BCUT2D eigenvalue weighted by Crippen LogP contribution is 2.32. The second-order valence-electron chi connectivity index (χ2n) is 7.12. The first-order valence-electron chi connectivity index (χ1n) is 8.33. The fourth-order valence-corrected chi connectivity index (χ4v) is 2.96. The quantitative estimate of drug-likeness (QED) is 0.651. The molecule has 0 fully saturated rings. The monoisotopic (exact) mass is 355 g/mol. The number of carbonyl (C=O) groups is 3. The predicted octanol–water partition coefficient (Wildman–Crippen LogP) is 2.54. The Balaban J connectivity index is 1.80. The van der Waals surface area contributed by atoms with E-state index in [1.165, 1.54) is 0 Å². The molecule has 7 heteroatoms.